The third kappa shape index (κ3) is 2.15. The molecule has 1 rings (SSSR count). The molecule has 0 spiro atoms. The molecule has 2 atom stereocenters. The summed E-state index contributed by atoms with van der Waals surface area (Å²) in [5.41, 5.74) is 5.99. The number of hydrogen-bond donors (Lipinski definition) is 2. The Balaban J connectivity index is 2.50. The lowest BCUT2D eigenvalue weighted by Crippen LogP contribution is -2.39. The van der Waals surface area contributed by atoms with Gasteiger partial charge in [-0.2, -0.15) is 11.8 Å². The van der Waals surface area contributed by atoms with Crippen molar-refractivity contribution in [3.05, 3.63) is 0 Å². The summed E-state index contributed by atoms with van der Waals surface area (Å²) in [7, 11) is 0. The highest BCUT2D eigenvalue weighted by atomic mass is 32.2. The number of hydrogen-bond acceptors (Lipinski definition) is 3. The summed E-state index contributed by atoms with van der Waals surface area (Å²) in [4.78, 5) is 0. The summed E-state index contributed by atoms with van der Waals surface area (Å²) in [6.07, 6.45) is 1.95. The van der Waals surface area contributed by atoms with Crippen LogP contribution in [0.2, 0.25) is 0 Å². The van der Waals surface area contributed by atoms with Crippen molar-refractivity contribution in [1.82, 2.24) is 0 Å². The maximum Gasteiger partial charge on any atom is 0.0445 e. The van der Waals surface area contributed by atoms with Crippen molar-refractivity contribution in [1.29, 1.82) is 0 Å². The van der Waals surface area contributed by atoms with E-state index < -0.39 is 0 Å². The van der Waals surface area contributed by atoms with Crippen molar-refractivity contribution in [3.8, 4) is 0 Å². The Morgan fingerprint density at radius 2 is 2.33 bits per heavy atom. The Labute approximate surface area is 78.9 Å². The predicted molar refractivity (Wildman–Crippen MR) is 54.3 cm³/mol. The van der Waals surface area contributed by atoms with E-state index in [0.29, 0.717) is 10.7 Å². The average molecular weight is 189 g/mol. The molecular formula is C9H19NOS. The van der Waals surface area contributed by atoms with Crippen LogP contribution in [0, 0.1) is 5.92 Å². The maximum absolute atomic E-state index is 8.78. The van der Waals surface area contributed by atoms with Gasteiger partial charge in [-0.3, -0.25) is 0 Å². The SMILES string of the molecule is CC1(C)SCCC1C(N)CCO. The fraction of sp³-hybridized carbons (Fsp3) is 1.00. The minimum atomic E-state index is 0.181. The molecule has 0 bridgehead atoms. The van der Waals surface area contributed by atoms with Crippen LogP contribution in [0.5, 0.6) is 0 Å². The van der Waals surface area contributed by atoms with Crippen molar-refractivity contribution < 1.29 is 5.11 Å². The van der Waals surface area contributed by atoms with Gasteiger partial charge in [0.1, 0.15) is 0 Å². The molecule has 0 radical (unpaired) electrons. The minimum absolute atomic E-state index is 0.181. The van der Waals surface area contributed by atoms with Crippen molar-refractivity contribution in [2.24, 2.45) is 11.7 Å². The van der Waals surface area contributed by atoms with E-state index in [4.69, 9.17) is 10.8 Å². The van der Waals surface area contributed by atoms with Gasteiger partial charge in [-0.1, -0.05) is 13.8 Å². The average Bonchev–Trinajstić information content (AvgIpc) is 2.30. The molecule has 0 aromatic carbocycles. The Morgan fingerprint density at radius 3 is 2.75 bits per heavy atom. The smallest absolute Gasteiger partial charge is 0.0445 e. The summed E-state index contributed by atoms with van der Waals surface area (Å²) in [5, 5.41) is 8.78. The summed E-state index contributed by atoms with van der Waals surface area (Å²) >= 11 is 2.00. The van der Waals surface area contributed by atoms with Gasteiger partial charge in [0.2, 0.25) is 0 Å². The Kier molecular flexibility index (Phi) is 3.44. The van der Waals surface area contributed by atoms with Crippen LogP contribution in [-0.2, 0) is 0 Å². The van der Waals surface area contributed by atoms with E-state index in [0.717, 1.165) is 6.42 Å². The van der Waals surface area contributed by atoms with Crippen LogP contribution in [0.1, 0.15) is 26.7 Å². The standard InChI is InChI=1S/C9H19NOS/c1-9(2)7(4-6-12-9)8(10)3-5-11/h7-8,11H,3-6,10H2,1-2H3. The molecule has 0 amide bonds. The van der Waals surface area contributed by atoms with E-state index in [1.807, 2.05) is 11.8 Å². The van der Waals surface area contributed by atoms with Gasteiger partial charge < -0.3 is 10.8 Å². The van der Waals surface area contributed by atoms with Gasteiger partial charge >= 0.3 is 0 Å². The summed E-state index contributed by atoms with van der Waals surface area (Å²) < 4.78 is 0.314. The molecule has 3 N–H and O–H groups in total. The van der Waals surface area contributed by atoms with Crippen molar-refractivity contribution in [2.45, 2.75) is 37.5 Å². The van der Waals surface area contributed by atoms with E-state index >= 15 is 0 Å². The molecule has 1 aliphatic heterocycles. The highest BCUT2D eigenvalue weighted by molar-refractivity contribution is 8.00. The monoisotopic (exact) mass is 189 g/mol. The Morgan fingerprint density at radius 1 is 1.67 bits per heavy atom. The van der Waals surface area contributed by atoms with E-state index in [9.17, 15) is 0 Å². The van der Waals surface area contributed by atoms with Gasteiger partial charge in [0.15, 0.2) is 0 Å². The molecule has 0 aromatic rings. The number of rotatable bonds is 3. The van der Waals surface area contributed by atoms with E-state index in [-0.39, 0.29) is 12.6 Å². The van der Waals surface area contributed by atoms with E-state index in [1.165, 1.54) is 12.2 Å². The molecule has 0 aromatic heterocycles. The van der Waals surface area contributed by atoms with Gasteiger partial charge in [0.25, 0.3) is 0 Å². The topological polar surface area (TPSA) is 46.2 Å². The number of aliphatic hydroxyl groups excluding tert-OH is 1. The molecule has 1 aliphatic rings. The molecule has 1 heterocycles. The van der Waals surface area contributed by atoms with E-state index in [1.54, 1.807) is 0 Å². The molecule has 1 saturated heterocycles. The second-order valence-electron chi connectivity index (χ2n) is 4.02. The minimum Gasteiger partial charge on any atom is -0.396 e. The largest absolute Gasteiger partial charge is 0.396 e. The molecule has 2 nitrogen and oxygen atoms in total. The second-order valence-corrected chi connectivity index (χ2v) is 5.77. The summed E-state index contributed by atoms with van der Waals surface area (Å²) in [6.45, 7) is 4.73. The highest BCUT2D eigenvalue weighted by Gasteiger charge is 2.38. The molecule has 0 saturated carbocycles. The molecule has 3 heteroatoms. The van der Waals surface area contributed by atoms with Gasteiger partial charge in [0, 0.05) is 17.4 Å². The molecule has 72 valence electrons. The van der Waals surface area contributed by atoms with E-state index in [2.05, 4.69) is 13.8 Å². The van der Waals surface area contributed by atoms with Crippen LogP contribution in [0.4, 0.5) is 0 Å². The van der Waals surface area contributed by atoms with Crippen LogP contribution >= 0.6 is 11.8 Å². The number of aliphatic hydroxyl groups is 1. The van der Waals surface area contributed by atoms with Crippen molar-refractivity contribution in [3.63, 3.8) is 0 Å². The quantitative estimate of drug-likeness (QED) is 0.702. The highest BCUT2D eigenvalue weighted by Crippen LogP contribution is 2.43. The molecule has 0 aliphatic carbocycles. The first-order valence-corrected chi connectivity index (χ1v) is 5.57. The third-order valence-corrected chi connectivity index (χ3v) is 4.26. The normalized spacial score (nSPS) is 30.5. The van der Waals surface area contributed by atoms with Crippen molar-refractivity contribution in [2.75, 3.05) is 12.4 Å². The Hall–Kier alpha value is 0.270. The van der Waals surface area contributed by atoms with Crippen LogP contribution in [0.25, 0.3) is 0 Å². The van der Waals surface area contributed by atoms with Gasteiger partial charge in [0.05, 0.1) is 0 Å². The fourth-order valence-corrected chi connectivity index (χ4v) is 3.39. The number of nitrogens with two attached hydrogens (primary N) is 1. The van der Waals surface area contributed by atoms with Crippen LogP contribution in [-0.4, -0.2) is 28.3 Å². The predicted octanol–water partition coefficient (Wildman–Crippen LogP) is 1.23. The zero-order valence-electron chi connectivity index (χ0n) is 7.92. The first-order valence-electron chi connectivity index (χ1n) is 4.58. The van der Waals surface area contributed by atoms with Gasteiger partial charge in [-0.25, -0.2) is 0 Å². The number of thioether (sulfide) groups is 1. The zero-order valence-corrected chi connectivity index (χ0v) is 8.73. The zero-order chi connectivity index (χ0) is 9.19. The molecule has 12 heavy (non-hydrogen) atoms. The van der Waals surface area contributed by atoms with Gasteiger partial charge in [-0.05, 0) is 24.5 Å². The van der Waals surface area contributed by atoms with Crippen LogP contribution in [0.15, 0.2) is 0 Å². The molecular weight excluding hydrogens is 170 g/mol. The molecule has 2 unspecified atom stereocenters. The third-order valence-electron chi connectivity index (χ3n) is 2.78. The van der Waals surface area contributed by atoms with Crippen molar-refractivity contribution >= 4 is 11.8 Å². The lowest BCUT2D eigenvalue weighted by Gasteiger charge is -2.30. The first kappa shape index (κ1) is 10.4. The first-order chi connectivity index (χ1) is 5.58. The maximum atomic E-state index is 8.78. The van der Waals surface area contributed by atoms with Crippen LogP contribution < -0.4 is 5.73 Å². The fourth-order valence-electron chi connectivity index (χ4n) is 1.98. The summed E-state index contributed by atoms with van der Waals surface area (Å²) in [5.74, 6) is 1.80. The van der Waals surface area contributed by atoms with Gasteiger partial charge in [-0.15, -0.1) is 0 Å². The lowest BCUT2D eigenvalue weighted by molar-refractivity contribution is 0.243. The summed E-state index contributed by atoms with van der Waals surface area (Å²) in [6, 6.07) is 0.181. The lowest BCUT2D eigenvalue weighted by atomic mass is 9.85. The molecule has 1 fully saturated rings. The second kappa shape index (κ2) is 3.99. The van der Waals surface area contributed by atoms with Crippen LogP contribution in [0.3, 0.4) is 0 Å². The Bertz CT molecular complexity index is 149.